The van der Waals surface area contributed by atoms with Crippen LogP contribution in [0.15, 0.2) is 109 Å². The molecule has 0 rings (SSSR count). The van der Waals surface area contributed by atoms with Crippen LogP contribution in [0.4, 0.5) is 0 Å². The van der Waals surface area contributed by atoms with Crippen LogP contribution >= 0.6 is 0 Å². The van der Waals surface area contributed by atoms with Gasteiger partial charge in [0, 0.05) is 19.3 Å². The largest absolute Gasteiger partial charge is 0.544 e. The first kappa shape index (κ1) is 59.0. The van der Waals surface area contributed by atoms with Gasteiger partial charge in [0.05, 0.1) is 40.3 Å². The van der Waals surface area contributed by atoms with Gasteiger partial charge in [-0.25, -0.2) is 0 Å². The minimum Gasteiger partial charge on any atom is -0.544 e. The number of carboxylic acids is 1. The number of quaternary nitrogens is 1. The molecule has 356 valence electrons. The Labute approximate surface area is 385 Å². The average molecular weight is 876 g/mol. The zero-order valence-electron chi connectivity index (χ0n) is 40.4. The third kappa shape index (κ3) is 43.0. The van der Waals surface area contributed by atoms with Crippen LogP contribution in [0.1, 0.15) is 168 Å². The van der Waals surface area contributed by atoms with Gasteiger partial charge in [0.15, 0.2) is 6.10 Å². The smallest absolute Gasteiger partial charge is 0.306 e. The molecule has 0 saturated carbocycles. The van der Waals surface area contributed by atoms with E-state index in [1.807, 2.05) is 0 Å². The molecule has 0 aromatic heterocycles. The van der Waals surface area contributed by atoms with Gasteiger partial charge < -0.3 is 28.6 Å². The zero-order chi connectivity index (χ0) is 46.3. The minimum absolute atomic E-state index is 0.0183. The van der Waals surface area contributed by atoms with Crippen molar-refractivity contribution >= 4 is 17.9 Å². The number of hydrogen-bond donors (Lipinski definition) is 0. The second kappa shape index (κ2) is 44.6. The molecule has 0 fully saturated rings. The molecule has 8 heteroatoms. The molecule has 0 aromatic rings. The molecule has 0 aliphatic carbocycles. The first-order valence-corrected chi connectivity index (χ1v) is 24.4. The number of ether oxygens (including phenoxy) is 3. The first-order valence-electron chi connectivity index (χ1n) is 24.4. The lowest BCUT2D eigenvalue weighted by atomic mass is 10.1. The van der Waals surface area contributed by atoms with E-state index in [1.54, 1.807) is 21.1 Å². The molecule has 63 heavy (non-hydrogen) atoms. The number of carboxylic acid groups (broad SMARTS) is 1. The summed E-state index contributed by atoms with van der Waals surface area (Å²) < 4.78 is 17.2. The Morgan fingerprint density at radius 3 is 1.24 bits per heavy atom. The topological polar surface area (TPSA) is 102 Å². The van der Waals surface area contributed by atoms with Crippen molar-refractivity contribution in [1.29, 1.82) is 0 Å². The van der Waals surface area contributed by atoms with Crippen molar-refractivity contribution in [3.63, 3.8) is 0 Å². The van der Waals surface area contributed by atoms with Crippen LogP contribution in [0.3, 0.4) is 0 Å². The van der Waals surface area contributed by atoms with Gasteiger partial charge in [0.2, 0.25) is 0 Å². The number of unbranched alkanes of at least 4 members (excludes halogenated alkanes) is 10. The molecular formula is C55H89NO7. The molecule has 0 heterocycles. The summed E-state index contributed by atoms with van der Waals surface area (Å²) in [7, 11) is 5.39. The second-order valence-electron chi connectivity index (χ2n) is 16.9. The van der Waals surface area contributed by atoms with E-state index in [2.05, 4.69) is 123 Å². The maximum absolute atomic E-state index is 12.8. The van der Waals surface area contributed by atoms with E-state index >= 15 is 0 Å². The first-order chi connectivity index (χ1) is 30.6. The highest BCUT2D eigenvalue weighted by atomic mass is 16.6. The van der Waals surface area contributed by atoms with Crippen LogP contribution in [-0.4, -0.2) is 75.5 Å². The second-order valence-corrected chi connectivity index (χ2v) is 16.9. The predicted molar refractivity (Wildman–Crippen MR) is 263 cm³/mol. The molecule has 0 saturated heterocycles. The van der Waals surface area contributed by atoms with E-state index in [9.17, 15) is 19.5 Å². The molecule has 0 aromatic carbocycles. The van der Waals surface area contributed by atoms with Crippen molar-refractivity contribution in [2.24, 2.45) is 0 Å². The molecule has 0 N–H and O–H groups in total. The van der Waals surface area contributed by atoms with Gasteiger partial charge >= 0.3 is 11.9 Å². The van der Waals surface area contributed by atoms with Crippen molar-refractivity contribution in [1.82, 2.24) is 0 Å². The van der Waals surface area contributed by atoms with Crippen molar-refractivity contribution < 1.29 is 38.2 Å². The average Bonchev–Trinajstić information content (AvgIpc) is 3.24. The highest BCUT2D eigenvalue weighted by Gasteiger charge is 2.25. The molecule has 0 radical (unpaired) electrons. The Kier molecular flexibility index (Phi) is 41.8. The summed E-state index contributed by atoms with van der Waals surface area (Å²) in [6.07, 6.45) is 61.1. The monoisotopic (exact) mass is 876 g/mol. The van der Waals surface area contributed by atoms with Crippen molar-refractivity contribution in [2.75, 3.05) is 41.0 Å². The summed E-state index contributed by atoms with van der Waals surface area (Å²) in [6, 6.07) is -0.740. The Morgan fingerprint density at radius 2 is 0.841 bits per heavy atom. The van der Waals surface area contributed by atoms with Gasteiger partial charge in [-0.3, -0.25) is 9.59 Å². The molecule has 0 aliphatic heterocycles. The quantitative estimate of drug-likeness (QED) is 0.0260. The molecule has 2 unspecified atom stereocenters. The standard InChI is InChI=1S/C55H89NO7/c1-6-8-10-12-14-16-18-20-22-24-25-26-27-28-29-30-32-34-36-38-40-42-44-46-54(58)63-51(49-61-48-47-52(55(59)60)56(3,4)5)50-62-53(57)45-43-41-39-37-35-33-31-23-21-19-17-15-13-11-9-7-2/h8-11,14-17,20-23,25-26,28-29,32,34,51-52H,6-7,12-13,18-19,24,27,30-31,33,35-50H2,1-5H3/b10-8+,11-9+,16-14+,17-15+,22-20+,23-21+,26-25+,29-28+,34-32+. The van der Waals surface area contributed by atoms with Crippen molar-refractivity contribution in [3.05, 3.63) is 109 Å². The number of hydrogen-bond acceptors (Lipinski definition) is 7. The summed E-state index contributed by atoms with van der Waals surface area (Å²) >= 11 is 0. The summed E-state index contributed by atoms with van der Waals surface area (Å²) in [5.74, 6) is -1.80. The highest BCUT2D eigenvalue weighted by molar-refractivity contribution is 5.70. The molecule has 0 amide bonds. The lowest BCUT2D eigenvalue weighted by Crippen LogP contribution is -2.55. The summed E-state index contributed by atoms with van der Waals surface area (Å²) in [5.41, 5.74) is 0. The number of esters is 2. The Bertz CT molecular complexity index is 1390. The number of likely N-dealkylation sites (N-methyl/N-ethyl adjacent to an activating group) is 1. The minimum atomic E-state index is -1.14. The summed E-state index contributed by atoms with van der Waals surface area (Å²) in [6.45, 7) is 4.38. The highest BCUT2D eigenvalue weighted by Crippen LogP contribution is 2.13. The number of carbonyl (C=O) groups excluding carboxylic acids is 3. The molecule has 2 atom stereocenters. The van der Waals surface area contributed by atoms with Crippen LogP contribution in [-0.2, 0) is 28.6 Å². The van der Waals surface area contributed by atoms with Gasteiger partial charge in [-0.2, -0.15) is 0 Å². The van der Waals surface area contributed by atoms with E-state index in [1.165, 1.54) is 12.8 Å². The number of aliphatic carboxylic acids is 1. The van der Waals surface area contributed by atoms with Crippen molar-refractivity contribution in [2.45, 2.75) is 180 Å². The number of allylic oxidation sites excluding steroid dienone is 18. The van der Waals surface area contributed by atoms with Gasteiger partial charge in [0.25, 0.3) is 0 Å². The van der Waals surface area contributed by atoms with Crippen LogP contribution in [0.2, 0.25) is 0 Å². The molecule has 8 nitrogen and oxygen atoms in total. The number of rotatable bonds is 42. The van der Waals surface area contributed by atoms with Gasteiger partial charge in [0.1, 0.15) is 12.6 Å². The Morgan fingerprint density at radius 1 is 0.476 bits per heavy atom. The fourth-order valence-corrected chi connectivity index (χ4v) is 6.44. The summed E-state index contributed by atoms with van der Waals surface area (Å²) in [5, 5.41) is 11.7. The summed E-state index contributed by atoms with van der Waals surface area (Å²) in [4.78, 5) is 37.0. The Balaban J connectivity index is 4.38. The molecule has 0 aliphatic rings. The van der Waals surface area contributed by atoms with Gasteiger partial charge in [-0.05, 0) is 96.3 Å². The Hall–Kier alpha value is -4.01. The zero-order valence-corrected chi connectivity index (χ0v) is 40.4. The SMILES string of the molecule is CC/C=C/C/C=C/C/C=C/C/C=C/C/C=C/C/C=C/CCCCCCC(=O)OC(COCCC(C(=O)[O-])[N+](C)(C)C)COC(=O)CCCCCCCC/C=C/C/C=C/C/C=C/CC. The van der Waals surface area contributed by atoms with Gasteiger partial charge in [-0.15, -0.1) is 0 Å². The van der Waals surface area contributed by atoms with E-state index in [4.69, 9.17) is 14.2 Å². The normalized spacial score (nSPS) is 13.9. The molecule has 0 bridgehead atoms. The van der Waals surface area contributed by atoms with E-state index in [0.29, 0.717) is 6.42 Å². The maximum atomic E-state index is 12.8. The lowest BCUT2D eigenvalue weighted by molar-refractivity contribution is -0.889. The lowest BCUT2D eigenvalue weighted by Gasteiger charge is -2.34. The fraction of sp³-hybridized carbons (Fsp3) is 0.618. The predicted octanol–water partition coefficient (Wildman–Crippen LogP) is 12.7. The van der Waals surface area contributed by atoms with Crippen LogP contribution in [0.5, 0.6) is 0 Å². The van der Waals surface area contributed by atoms with E-state index in [0.717, 1.165) is 122 Å². The van der Waals surface area contributed by atoms with Crippen LogP contribution in [0, 0.1) is 0 Å². The van der Waals surface area contributed by atoms with E-state index in [-0.39, 0.29) is 49.1 Å². The van der Waals surface area contributed by atoms with Gasteiger partial charge in [-0.1, -0.05) is 162 Å². The molecule has 0 spiro atoms. The third-order valence-electron chi connectivity index (χ3n) is 10.2. The van der Waals surface area contributed by atoms with Crippen LogP contribution < -0.4 is 5.11 Å². The number of nitrogens with zero attached hydrogens (tertiary/aromatic N) is 1. The molecular weight excluding hydrogens is 787 g/mol. The number of carbonyl (C=O) groups is 3. The maximum Gasteiger partial charge on any atom is 0.306 e. The van der Waals surface area contributed by atoms with Crippen molar-refractivity contribution in [3.8, 4) is 0 Å². The fourth-order valence-electron chi connectivity index (χ4n) is 6.44. The van der Waals surface area contributed by atoms with E-state index < -0.39 is 18.1 Å². The third-order valence-corrected chi connectivity index (χ3v) is 10.2. The van der Waals surface area contributed by atoms with Crippen LogP contribution in [0.25, 0.3) is 0 Å².